The average Bonchev–Trinajstić information content (AvgIpc) is 3.12. The largest absolute Gasteiger partial charge is 0.338 e. The molecule has 7 nitrogen and oxygen atoms in total. The normalized spacial score (nSPS) is 18.7. The van der Waals surface area contributed by atoms with Crippen molar-refractivity contribution in [2.45, 2.75) is 6.04 Å². The van der Waals surface area contributed by atoms with Crippen LogP contribution in [0.25, 0.3) is 5.52 Å². The van der Waals surface area contributed by atoms with Gasteiger partial charge in [-0.15, -0.1) is 0 Å². The van der Waals surface area contributed by atoms with E-state index in [1.54, 1.807) is 12.4 Å². The van der Waals surface area contributed by atoms with Crippen LogP contribution in [0, 0.1) is 0 Å². The number of piperazine rings is 1. The highest BCUT2D eigenvalue weighted by Crippen LogP contribution is 2.21. The van der Waals surface area contributed by atoms with Crippen LogP contribution in [0.2, 0.25) is 0 Å². The molecule has 138 valence electrons. The number of aromatic nitrogens is 3. The van der Waals surface area contributed by atoms with E-state index in [4.69, 9.17) is 0 Å². The smallest absolute Gasteiger partial charge is 0.255 e. The summed E-state index contributed by atoms with van der Waals surface area (Å²) in [5.74, 6) is 0.939. The number of hydrogen-bond donors (Lipinski definition) is 0. The second-order valence-electron chi connectivity index (χ2n) is 7.20. The maximum atomic E-state index is 12.7. The van der Waals surface area contributed by atoms with Gasteiger partial charge in [-0.1, -0.05) is 6.07 Å². The summed E-state index contributed by atoms with van der Waals surface area (Å²) in [6, 6.07) is 10.3. The molecule has 0 spiro atoms. The number of carbonyl (C=O) groups excluding carboxylic acids is 1. The first-order chi connectivity index (χ1) is 13.3. The monoisotopic (exact) mass is 362 g/mol. The van der Waals surface area contributed by atoms with Crippen LogP contribution in [-0.2, 0) is 0 Å². The van der Waals surface area contributed by atoms with Crippen LogP contribution in [-0.4, -0.2) is 75.4 Å². The first-order valence-corrected chi connectivity index (χ1v) is 9.40. The van der Waals surface area contributed by atoms with Crippen LogP contribution >= 0.6 is 0 Å². The van der Waals surface area contributed by atoms with Crippen molar-refractivity contribution in [3.8, 4) is 0 Å². The van der Waals surface area contributed by atoms with Crippen molar-refractivity contribution < 1.29 is 4.79 Å². The van der Waals surface area contributed by atoms with E-state index in [9.17, 15) is 4.79 Å². The van der Waals surface area contributed by atoms with Crippen molar-refractivity contribution in [1.82, 2.24) is 24.2 Å². The van der Waals surface area contributed by atoms with Crippen molar-refractivity contribution in [3.63, 3.8) is 0 Å². The molecule has 0 saturated carbocycles. The van der Waals surface area contributed by atoms with Gasteiger partial charge in [0.15, 0.2) is 0 Å². The number of rotatable bonds is 3. The number of carbonyl (C=O) groups is 1. The molecule has 3 aromatic rings. The van der Waals surface area contributed by atoms with E-state index in [1.807, 2.05) is 52.0 Å². The molecule has 0 unspecified atom stereocenters. The third-order valence-electron chi connectivity index (χ3n) is 5.57. The van der Waals surface area contributed by atoms with Crippen molar-refractivity contribution in [2.75, 3.05) is 44.2 Å². The first-order valence-electron chi connectivity index (χ1n) is 9.40. The first kappa shape index (κ1) is 16.3. The van der Waals surface area contributed by atoms with Gasteiger partial charge >= 0.3 is 0 Å². The number of fused-ring (bicyclic) bond motifs is 1. The van der Waals surface area contributed by atoms with Crippen molar-refractivity contribution in [3.05, 3.63) is 60.7 Å². The highest BCUT2D eigenvalue weighted by molar-refractivity contribution is 5.96. The molecule has 0 aliphatic carbocycles. The summed E-state index contributed by atoms with van der Waals surface area (Å²) in [4.78, 5) is 28.1. The standard InChI is InChI=1S/C20H22N6O/c27-19(16-12-17-4-1-2-7-25(17)13-16)26-14-18(15-26)23-8-10-24(11-9-23)20-21-5-3-6-22-20/h1-7,12-13,18H,8-11,14-15H2. The van der Waals surface area contributed by atoms with Crippen molar-refractivity contribution in [2.24, 2.45) is 0 Å². The minimum absolute atomic E-state index is 0.131. The van der Waals surface area contributed by atoms with Gasteiger partial charge in [0, 0.05) is 75.6 Å². The number of anilines is 1. The fourth-order valence-electron chi connectivity index (χ4n) is 3.95. The fraction of sp³-hybridized carbons (Fsp3) is 0.350. The quantitative estimate of drug-likeness (QED) is 0.705. The van der Waals surface area contributed by atoms with E-state index < -0.39 is 0 Å². The summed E-state index contributed by atoms with van der Waals surface area (Å²) in [5, 5.41) is 0. The second-order valence-corrected chi connectivity index (χ2v) is 7.20. The SMILES string of the molecule is O=C(c1cc2ccccn2c1)N1CC(N2CCN(c3ncccn3)CC2)C1. The van der Waals surface area contributed by atoms with Gasteiger partial charge in [-0.05, 0) is 24.3 Å². The Balaban J connectivity index is 1.16. The minimum atomic E-state index is 0.131. The molecule has 3 aromatic heterocycles. The van der Waals surface area contributed by atoms with Crippen LogP contribution in [0.5, 0.6) is 0 Å². The third-order valence-corrected chi connectivity index (χ3v) is 5.57. The lowest BCUT2D eigenvalue weighted by molar-refractivity contribution is 0.0246. The average molecular weight is 362 g/mol. The summed E-state index contributed by atoms with van der Waals surface area (Å²) in [5.41, 5.74) is 1.82. The fourth-order valence-corrected chi connectivity index (χ4v) is 3.95. The summed E-state index contributed by atoms with van der Waals surface area (Å²) in [6.45, 7) is 5.46. The molecule has 1 amide bonds. The molecular weight excluding hydrogens is 340 g/mol. The van der Waals surface area contributed by atoms with Gasteiger partial charge in [0.1, 0.15) is 0 Å². The lowest BCUT2D eigenvalue weighted by Gasteiger charge is -2.48. The molecule has 2 aliphatic heterocycles. The lowest BCUT2D eigenvalue weighted by atomic mass is 10.0. The van der Waals surface area contributed by atoms with Crippen LogP contribution in [0.15, 0.2) is 55.1 Å². The van der Waals surface area contributed by atoms with Gasteiger partial charge in [0.2, 0.25) is 5.95 Å². The van der Waals surface area contributed by atoms with E-state index in [0.717, 1.165) is 56.3 Å². The highest BCUT2D eigenvalue weighted by Gasteiger charge is 2.36. The van der Waals surface area contributed by atoms with Gasteiger partial charge in [0.05, 0.1) is 5.56 Å². The van der Waals surface area contributed by atoms with Gasteiger partial charge in [-0.3, -0.25) is 9.69 Å². The number of hydrogen-bond acceptors (Lipinski definition) is 5. The van der Waals surface area contributed by atoms with E-state index in [-0.39, 0.29) is 5.91 Å². The predicted octanol–water partition coefficient (Wildman–Crippen LogP) is 1.38. The molecule has 0 aromatic carbocycles. The molecule has 5 heterocycles. The zero-order valence-electron chi connectivity index (χ0n) is 15.1. The Labute approximate surface area is 157 Å². The molecule has 2 aliphatic rings. The molecule has 0 atom stereocenters. The molecule has 5 rings (SSSR count). The predicted molar refractivity (Wildman–Crippen MR) is 103 cm³/mol. The topological polar surface area (TPSA) is 57.0 Å². The summed E-state index contributed by atoms with van der Waals surface area (Å²) in [6.07, 6.45) is 7.47. The maximum absolute atomic E-state index is 12.7. The Morgan fingerprint density at radius 2 is 1.78 bits per heavy atom. The van der Waals surface area contributed by atoms with E-state index >= 15 is 0 Å². The molecule has 0 N–H and O–H groups in total. The Kier molecular flexibility index (Phi) is 4.01. The highest BCUT2D eigenvalue weighted by atomic mass is 16.2. The Morgan fingerprint density at radius 1 is 1.00 bits per heavy atom. The van der Waals surface area contributed by atoms with Gasteiger partial charge in [-0.2, -0.15) is 0 Å². The summed E-state index contributed by atoms with van der Waals surface area (Å²) in [7, 11) is 0. The number of likely N-dealkylation sites (tertiary alicyclic amines) is 1. The number of pyridine rings is 1. The lowest BCUT2D eigenvalue weighted by Crippen LogP contribution is -2.64. The molecule has 27 heavy (non-hydrogen) atoms. The third kappa shape index (κ3) is 3.04. The second kappa shape index (κ2) is 6.66. The van der Waals surface area contributed by atoms with E-state index in [1.165, 1.54) is 0 Å². The molecule has 0 bridgehead atoms. The van der Waals surface area contributed by atoms with Gasteiger partial charge in [-0.25, -0.2) is 9.97 Å². The van der Waals surface area contributed by atoms with E-state index in [0.29, 0.717) is 6.04 Å². The maximum Gasteiger partial charge on any atom is 0.255 e. The molecular formula is C20H22N6O. The van der Waals surface area contributed by atoms with Gasteiger partial charge in [0.25, 0.3) is 5.91 Å². The zero-order chi connectivity index (χ0) is 18.2. The van der Waals surface area contributed by atoms with Crippen molar-refractivity contribution >= 4 is 17.4 Å². The van der Waals surface area contributed by atoms with Crippen molar-refractivity contribution in [1.29, 1.82) is 0 Å². The Morgan fingerprint density at radius 3 is 2.52 bits per heavy atom. The summed E-state index contributed by atoms with van der Waals surface area (Å²) < 4.78 is 2.00. The molecule has 2 saturated heterocycles. The molecule has 7 heteroatoms. The van der Waals surface area contributed by atoms with Crippen LogP contribution in [0.3, 0.4) is 0 Å². The van der Waals surface area contributed by atoms with Crippen LogP contribution < -0.4 is 4.90 Å². The number of amides is 1. The molecule has 0 radical (unpaired) electrons. The van der Waals surface area contributed by atoms with E-state index in [2.05, 4.69) is 19.8 Å². The summed E-state index contributed by atoms with van der Waals surface area (Å²) >= 11 is 0. The Bertz CT molecular complexity index is 908. The molecule has 2 fully saturated rings. The number of nitrogens with zero attached hydrogens (tertiary/aromatic N) is 6. The van der Waals surface area contributed by atoms with Crippen LogP contribution in [0.4, 0.5) is 5.95 Å². The van der Waals surface area contributed by atoms with Crippen LogP contribution in [0.1, 0.15) is 10.4 Å². The zero-order valence-corrected chi connectivity index (χ0v) is 15.1. The Hall–Kier alpha value is -2.93. The van der Waals surface area contributed by atoms with Gasteiger partial charge < -0.3 is 14.2 Å². The minimum Gasteiger partial charge on any atom is -0.338 e.